The number of allylic oxidation sites excluding steroid dienone is 1. The molecule has 0 aromatic carbocycles. The van der Waals surface area contributed by atoms with Crippen LogP contribution in [-0.4, -0.2) is 25.5 Å². The van der Waals surface area contributed by atoms with Crippen LogP contribution in [-0.2, 0) is 9.53 Å². The standard InChI is InChI=1S/C9H10N2O2/c1-13-9(12)7-3-5-11-8-6(7)2-4-10-8/h2-6,8,10H,1H3. The second-order valence-corrected chi connectivity index (χ2v) is 2.91. The molecule has 0 aromatic rings. The van der Waals surface area contributed by atoms with Gasteiger partial charge in [-0.1, -0.05) is 6.08 Å². The SMILES string of the molecule is COC(=O)C1=CC=NC2NC=CC12. The second kappa shape index (κ2) is 3.05. The molecule has 2 aliphatic rings. The van der Waals surface area contributed by atoms with Crippen LogP contribution >= 0.6 is 0 Å². The zero-order valence-corrected chi connectivity index (χ0v) is 7.23. The highest BCUT2D eigenvalue weighted by atomic mass is 16.5. The third kappa shape index (κ3) is 1.24. The molecule has 0 saturated heterocycles. The Labute approximate surface area is 76.0 Å². The monoisotopic (exact) mass is 178 g/mol. The van der Waals surface area contributed by atoms with Crippen LogP contribution in [0.25, 0.3) is 0 Å². The first-order chi connectivity index (χ1) is 6.33. The van der Waals surface area contributed by atoms with Gasteiger partial charge in [0.1, 0.15) is 6.17 Å². The van der Waals surface area contributed by atoms with Crippen LogP contribution in [0.5, 0.6) is 0 Å². The maximum Gasteiger partial charge on any atom is 0.334 e. The van der Waals surface area contributed by atoms with E-state index >= 15 is 0 Å². The smallest absolute Gasteiger partial charge is 0.334 e. The molecule has 2 rings (SSSR count). The van der Waals surface area contributed by atoms with E-state index in [-0.39, 0.29) is 18.1 Å². The Morgan fingerprint density at radius 2 is 2.54 bits per heavy atom. The van der Waals surface area contributed by atoms with Gasteiger partial charge < -0.3 is 10.1 Å². The van der Waals surface area contributed by atoms with Gasteiger partial charge in [0.15, 0.2) is 0 Å². The first-order valence-electron chi connectivity index (χ1n) is 4.07. The third-order valence-corrected chi connectivity index (χ3v) is 2.19. The number of carbonyl (C=O) groups is 1. The molecule has 2 aliphatic heterocycles. The number of fused-ring (bicyclic) bond motifs is 1. The molecule has 2 heterocycles. The summed E-state index contributed by atoms with van der Waals surface area (Å²) < 4.78 is 4.67. The van der Waals surface area contributed by atoms with Crippen molar-refractivity contribution in [1.29, 1.82) is 0 Å². The molecule has 2 atom stereocenters. The summed E-state index contributed by atoms with van der Waals surface area (Å²) in [5.74, 6) is -0.257. The highest BCUT2D eigenvalue weighted by Gasteiger charge is 2.31. The Balaban J connectivity index is 2.26. The van der Waals surface area contributed by atoms with E-state index in [0.717, 1.165) is 0 Å². The van der Waals surface area contributed by atoms with Gasteiger partial charge in [0.05, 0.1) is 13.0 Å². The Kier molecular flexibility index (Phi) is 1.88. The van der Waals surface area contributed by atoms with E-state index in [2.05, 4.69) is 15.0 Å². The Morgan fingerprint density at radius 1 is 1.69 bits per heavy atom. The number of esters is 1. The van der Waals surface area contributed by atoms with E-state index in [4.69, 9.17) is 0 Å². The van der Waals surface area contributed by atoms with E-state index in [1.165, 1.54) is 7.11 Å². The molecule has 1 N–H and O–H groups in total. The van der Waals surface area contributed by atoms with Crippen molar-refractivity contribution < 1.29 is 9.53 Å². The van der Waals surface area contributed by atoms with Crippen molar-refractivity contribution >= 4 is 12.2 Å². The fraction of sp³-hybridized carbons (Fsp3) is 0.333. The van der Waals surface area contributed by atoms with Crippen LogP contribution in [0.2, 0.25) is 0 Å². The topological polar surface area (TPSA) is 50.7 Å². The van der Waals surface area contributed by atoms with Crippen molar-refractivity contribution in [3.63, 3.8) is 0 Å². The number of hydrogen-bond acceptors (Lipinski definition) is 4. The number of nitrogens with zero attached hydrogens (tertiary/aromatic N) is 1. The summed E-state index contributed by atoms with van der Waals surface area (Å²) in [6.07, 6.45) is 7.04. The van der Waals surface area contributed by atoms with Crippen LogP contribution in [0.3, 0.4) is 0 Å². The molecule has 4 nitrogen and oxygen atoms in total. The van der Waals surface area contributed by atoms with Crippen LogP contribution in [0.4, 0.5) is 0 Å². The molecule has 0 fully saturated rings. The van der Waals surface area contributed by atoms with Crippen LogP contribution in [0.15, 0.2) is 28.9 Å². The minimum Gasteiger partial charge on any atom is -0.466 e. The summed E-state index contributed by atoms with van der Waals surface area (Å²) in [4.78, 5) is 15.5. The average molecular weight is 178 g/mol. The Morgan fingerprint density at radius 3 is 3.31 bits per heavy atom. The van der Waals surface area contributed by atoms with E-state index in [9.17, 15) is 4.79 Å². The van der Waals surface area contributed by atoms with Gasteiger partial charge in [0.25, 0.3) is 0 Å². The summed E-state index contributed by atoms with van der Waals surface area (Å²) in [7, 11) is 1.38. The zero-order valence-electron chi connectivity index (χ0n) is 7.23. The largest absolute Gasteiger partial charge is 0.466 e. The van der Waals surface area contributed by atoms with Crippen molar-refractivity contribution in [2.75, 3.05) is 7.11 Å². The van der Waals surface area contributed by atoms with Crippen molar-refractivity contribution in [2.24, 2.45) is 10.9 Å². The van der Waals surface area contributed by atoms with Crippen molar-refractivity contribution in [1.82, 2.24) is 5.32 Å². The summed E-state index contributed by atoms with van der Waals surface area (Å²) in [6.45, 7) is 0. The number of methoxy groups -OCH3 is 1. The molecule has 13 heavy (non-hydrogen) atoms. The van der Waals surface area contributed by atoms with Crippen molar-refractivity contribution in [2.45, 2.75) is 6.17 Å². The van der Waals surface area contributed by atoms with E-state index in [0.29, 0.717) is 5.57 Å². The Hall–Kier alpha value is -1.58. The summed E-state index contributed by atoms with van der Waals surface area (Å²) in [5, 5.41) is 3.04. The molecular formula is C9H10N2O2. The van der Waals surface area contributed by atoms with Crippen LogP contribution in [0, 0.1) is 5.92 Å². The molecular weight excluding hydrogens is 168 g/mol. The maximum absolute atomic E-state index is 11.3. The van der Waals surface area contributed by atoms with Gasteiger partial charge in [-0.25, -0.2) is 4.79 Å². The molecule has 0 bridgehead atoms. The molecule has 0 aliphatic carbocycles. The second-order valence-electron chi connectivity index (χ2n) is 2.91. The highest BCUT2D eigenvalue weighted by molar-refractivity contribution is 5.95. The van der Waals surface area contributed by atoms with Crippen LogP contribution in [0.1, 0.15) is 0 Å². The lowest BCUT2D eigenvalue weighted by Gasteiger charge is -2.19. The number of hydrogen-bond donors (Lipinski definition) is 1. The molecule has 0 saturated carbocycles. The zero-order chi connectivity index (χ0) is 9.26. The van der Waals surface area contributed by atoms with E-state index in [1.807, 2.05) is 12.3 Å². The molecule has 68 valence electrons. The number of dihydropyridines is 1. The normalized spacial score (nSPS) is 29.2. The van der Waals surface area contributed by atoms with E-state index in [1.54, 1.807) is 12.3 Å². The van der Waals surface area contributed by atoms with Gasteiger partial charge >= 0.3 is 5.97 Å². The van der Waals surface area contributed by atoms with Gasteiger partial charge in [-0.3, -0.25) is 4.99 Å². The molecule has 0 spiro atoms. The lowest BCUT2D eigenvalue weighted by atomic mass is 9.96. The minimum absolute atomic E-state index is 0.0254. The molecule has 0 amide bonds. The van der Waals surface area contributed by atoms with E-state index < -0.39 is 0 Å². The highest BCUT2D eigenvalue weighted by Crippen LogP contribution is 2.25. The van der Waals surface area contributed by atoms with Crippen molar-refractivity contribution in [3.05, 3.63) is 23.9 Å². The quantitative estimate of drug-likeness (QED) is 0.585. The van der Waals surface area contributed by atoms with Gasteiger partial charge in [-0.2, -0.15) is 0 Å². The van der Waals surface area contributed by atoms with Gasteiger partial charge in [-0.15, -0.1) is 0 Å². The lowest BCUT2D eigenvalue weighted by molar-refractivity contribution is -0.136. The summed E-state index contributed by atoms with van der Waals surface area (Å²) in [6, 6.07) is 0. The fourth-order valence-corrected chi connectivity index (χ4v) is 1.53. The average Bonchev–Trinajstić information content (AvgIpc) is 2.63. The lowest BCUT2D eigenvalue weighted by Crippen LogP contribution is -2.30. The third-order valence-electron chi connectivity index (χ3n) is 2.19. The minimum atomic E-state index is -0.283. The van der Waals surface area contributed by atoms with Gasteiger partial charge in [0.2, 0.25) is 0 Å². The number of rotatable bonds is 1. The molecule has 2 unspecified atom stereocenters. The molecule has 4 heteroatoms. The first-order valence-corrected chi connectivity index (χ1v) is 4.07. The predicted octanol–water partition coefficient (Wildman–Crippen LogP) is 0.229. The number of aliphatic imine (C=N–C) groups is 1. The number of carbonyl (C=O) groups excluding carboxylic acids is 1. The van der Waals surface area contributed by atoms with Gasteiger partial charge in [0, 0.05) is 11.8 Å². The predicted molar refractivity (Wildman–Crippen MR) is 48.1 cm³/mol. The number of nitrogens with one attached hydrogen (secondary N) is 1. The summed E-state index contributed by atoms with van der Waals surface area (Å²) in [5.41, 5.74) is 0.656. The maximum atomic E-state index is 11.3. The van der Waals surface area contributed by atoms with Crippen molar-refractivity contribution in [3.8, 4) is 0 Å². The molecule has 0 aromatic heterocycles. The van der Waals surface area contributed by atoms with Gasteiger partial charge in [-0.05, 0) is 12.3 Å². The first kappa shape index (κ1) is 8.04. The molecule has 0 radical (unpaired) electrons. The number of ether oxygens (including phenoxy) is 1. The Bertz CT molecular complexity index is 318. The van der Waals surface area contributed by atoms with Crippen LogP contribution < -0.4 is 5.32 Å². The summed E-state index contributed by atoms with van der Waals surface area (Å²) >= 11 is 0. The fourth-order valence-electron chi connectivity index (χ4n) is 1.53.